The molecule has 0 bridgehead atoms. The standard InChI is InChI=1S/C15H21F3N2O2/c1-9(2)7-11(19)14(21)20-12-5-4-6-13(10(12)3)22-8-15(16,17)18/h4-6,9,11H,7-8,19H2,1-3H3,(H,20,21)/t11-/m0/s1. The number of hydrogen-bond acceptors (Lipinski definition) is 3. The van der Waals surface area contributed by atoms with Crippen LogP contribution in [-0.4, -0.2) is 24.7 Å². The number of halogens is 3. The van der Waals surface area contributed by atoms with Crippen LogP contribution in [0.3, 0.4) is 0 Å². The molecule has 0 aliphatic heterocycles. The van der Waals surface area contributed by atoms with Crippen molar-refractivity contribution in [3.8, 4) is 5.75 Å². The van der Waals surface area contributed by atoms with E-state index in [4.69, 9.17) is 10.5 Å². The van der Waals surface area contributed by atoms with Crippen LogP contribution in [0.15, 0.2) is 18.2 Å². The molecule has 1 rings (SSSR count). The van der Waals surface area contributed by atoms with E-state index in [1.807, 2.05) is 13.8 Å². The van der Waals surface area contributed by atoms with E-state index >= 15 is 0 Å². The summed E-state index contributed by atoms with van der Waals surface area (Å²) in [6.07, 6.45) is -3.89. The molecule has 0 saturated carbocycles. The summed E-state index contributed by atoms with van der Waals surface area (Å²) in [5.74, 6) is -0.0272. The van der Waals surface area contributed by atoms with Crippen LogP contribution in [0.1, 0.15) is 25.8 Å². The zero-order chi connectivity index (χ0) is 16.9. The lowest BCUT2D eigenvalue weighted by atomic mass is 10.0. The molecular weight excluding hydrogens is 297 g/mol. The van der Waals surface area contributed by atoms with Crippen LogP contribution in [0.5, 0.6) is 5.75 Å². The highest BCUT2D eigenvalue weighted by molar-refractivity contribution is 5.95. The molecule has 0 heterocycles. The quantitative estimate of drug-likeness (QED) is 0.846. The normalized spacial score (nSPS) is 13.1. The highest BCUT2D eigenvalue weighted by atomic mass is 19.4. The number of carbonyl (C=O) groups excluding carboxylic acids is 1. The number of benzene rings is 1. The SMILES string of the molecule is Cc1c(NC(=O)[C@@H](N)CC(C)C)cccc1OCC(F)(F)F. The first kappa shape index (κ1) is 18.3. The molecule has 1 amide bonds. The summed E-state index contributed by atoms with van der Waals surface area (Å²) in [5.41, 5.74) is 6.60. The Bertz CT molecular complexity index is 516. The minimum atomic E-state index is -4.41. The van der Waals surface area contributed by atoms with E-state index in [1.54, 1.807) is 13.0 Å². The van der Waals surface area contributed by atoms with Crippen molar-refractivity contribution >= 4 is 11.6 Å². The number of amides is 1. The molecule has 1 aromatic carbocycles. The van der Waals surface area contributed by atoms with Gasteiger partial charge in [-0.25, -0.2) is 0 Å². The summed E-state index contributed by atoms with van der Waals surface area (Å²) < 4.78 is 41.3. The molecular formula is C15H21F3N2O2. The lowest BCUT2D eigenvalue weighted by molar-refractivity contribution is -0.153. The highest BCUT2D eigenvalue weighted by Gasteiger charge is 2.28. The van der Waals surface area contributed by atoms with Gasteiger partial charge in [0, 0.05) is 11.3 Å². The van der Waals surface area contributed by atoms with Gasteiger partial charge in [-0.05, 0) is 31.4 Å². The van der Waals surface area contributed by atoms with Gasteiger partial charge >= 0.3 is 6.18 Å². The third-order valence-corrected chi connectivity index (χ3v) is 3.00. The Morgan fingerprint density at radius 2 is 2.00 bits per heavy atom. The van der Waals surface area contributed by atoms with Gasteiger partial charge in [-0.2, -0.15) is 13.2 Å². The van der Waals surface area contributed by atoms with Gasteiger partial charge in [0.2, 0.25) is 5.91 Å². The Hall–Kier alpha value is -1.76. The fourth-order valence-corrected chi connectivity index (χ4v) is 1.91. The molecule has 0 radical (unpaired) electrons. The topological polar surface area (TPSA) is 64.4 Å². The lowest BCUT2D eigenvalue weighted by Crippen LogP contribution is -2.36. The van der Waals surface area contributed by atoms with Crippen molar-refractivity contribution in [3.05, 3.63) is 23.8 Å². The molecule has 3 N–H and O–H groups in total. The zero-order valence-corrected chi connectivity index (χ0v) is 12.8. The van der Waals surface area contributed by atoms with Crippen LogP contribution in [0.25, 0.3) is 0 Å². The van der Waals surface area contributed by atoms with Crippen molar-refractivity contribution < 1.29 is 22.7 Å². The summed E-state index contributed by atoms with van der Waals surface area (Å²) in [7, 11) is 0. The minimum Gasteiger partial charge on any atom is -0.484 e. The number of rotatable bonds is 6. The first-order valence-electron chi connectivity index (χ1n) is 6.95. The Morgan fingerprint density at radius 1 is 1.36 bits per heavy atom. The highest BCUT2D eigenvalue weighted by Crippen LogP contribution is 2.27. The summed E-state index contributed by atoms with van der Waals surface area (Å²) in [4.78, 5) is 12.0. The number of ether oxygens (including phenoxy) is 1. The average Bonchev–Trinajstić information content (AvgIpc) is 2.37. The predicted octanol–water partition coefficient (Wildman–Crippen LogP) is 3.25. The largest absolute Gasteiger partial charge is 0.484 e. The second-order valence-corrected chi connectivity index (χ2v) is 5.56. The number of carbonyl (C=O) groups is 1. The monoisotopic (exact) mass is 318 g/mol. The number of nitrogens with two attached hydrogens (primary N) is 1. The average molecular weight is 318 g/mol. The lowest BCUT2D eigenvalue weighted by Gasteiger charge is -2.17. The van der Waals surface area contributed by atoms with Crippen molar-refractivity contribution in [2.24, 2.45) is 11.7 Å². The van der Waals surface area contributed by atoms with Gasteiger partial charge in [-0.15, -0.1) is 0 Å². The summed E-state index contributed by atoms with van der Waals surface area (Å²) in [6.45, 7) is 4.10. The van der Waals surface area contributed by atoms with E-state index in [1.165, 1.54) is 12.1 Å². The van der Waals surface area contributed by atoms with Crippen LogP contribution in [0.2, 0.25) is 0 Å². The maximum Gasteiger partial charge on any atom is 0.422 e. The molecule has 1 atom stereocenters. The molecule has 0 spiro atoms. The van der Waals surface area contributed by atoms with Crippen LogP contribution < -0.4 is 15.8 Å². The zero-order valence-electron chi connectivity index (χ0n) is 12.8. The second-order valence-electron chi connectivity index (χ2n) is 5.56. The number of nitrogens with one attached hydrogen (secondary N) is 1. The van der Waals surface area contributed by atoms with Gasteiger partial charge in [0.1, 0.15) is 5.75 Å². The molecule has 4 nitrogen and oxygen atoms in total. The van der Waals surface area contributed by atoms with Crippen LogP contribution in [0, 0.1) is 12.8 Å². The fraction of sp³-hybridized carbons (Fsp3) is 0.533. The Kier molecular flexibility index (Phi) is 6.22. The molecule has 0 saturated heterocycles. The van der Waals surface area contributed by atoms with Crippen LogP contribution in [-0.2, 0) is 4.79 Å². The third kappa shape index (κ3) is 5.93. The van der Waals surface area contributed by atoms with Crippen molar-refractivity contribution in [3.63, 3.8) is 0 Å². The van der Waals surface area contributed by atoms with Crippen LogP contribution >= 0.6 is 0 Å². The maximum absolute atomic E-state index is 12.2. The molecule has 0 aromatic heterocycles. The molecule has 22 heavy (non-hydrogen) atoms. The van der Waals surface area contributed by atoms with Crippen molar-refractivity contribution in [1.29, 1.82) is 0 Å². The van der Waals surface area contributed by atoms with Crippen LogP contribution in [0.4, 0.5) is 18.9 Å². The van der Waals surface area contributed by atoms with Crippen molar-refractivity contribution in [1.82, 2.24) is 0 Å². The summed E-state index contributed by atoms with van der Waals surface area (Å²) in [6, 6.07) is 3.86. The van der Waals surface area contributed by atoms with Crippen molar-refractivity contribution in [2.75, 3.05) is 11.9 Å². The second kappa shape index (κ2) is 7.49. The number of anilines is 1. The molecule has 7 heteroatoms. The minimum absolute atomic E-state index is 0.0764. The van der Waals surface area contributed by atoms with E-state index in [2.05, 4.69) is 5.32 Å². The van der Waals surface area contributed by atoms with E-state index in [0.29, 0.717) is 17.7 Å². The Balaban J connectivity index is 2.78. The summed E-state index contributed by atoms with van der Waals surface area (Å²) in [5, 5.41) is 2.63. The van der Waals surface area contributed by atoms with E-state index in [-0.39, 0.29) is 17.6 Å². The van der Waals surface area contributed by atoms with Gasteiger partial charge in [-0.1, -0.05) is 19.9 Å². The Morgan fingerprint density at radius 3 is 2.55 bits per heavy atom. The molecule has 124 valence electrons. The van der Waals surface area contributed by atoms with Gasteiger partial charge in [0.25, 0.3) is 0 Å². The molecule has 1 aromatic rings. The molecule has 0 aliphatic rings. The van der Waals surface area contributed by atoms with Gasteiger partial charge < -0.3 is 15.8 Å². The maximum atomic E-state index is 12.2. The van der Waals surface area contributed by atoms with E-state index in [0.717, 1.165) is 0 Å². The number of alkyl halides is 3. The molecule has 0 fully saturated rings. The van der Waals surface area contributed by atoms with Gasteiger partial charge in [0.15, 0.2) is 6.61 Å². The Labute approximate surface area is 127 Å². The smallest absolute Gasteiger partial charge is 0.422 e. The van der Waals surface area contributed by atoms with Crippen molar-refractivity contribution in [2.45, 2.75) is 39.4 Å². The molecule has 0 unspecified atom stereocenters. The van der Waals surface area contributed by atoms with E-state index < -0.39 is 18.8 Å². The number of hydrogen-bond donors (Lipinski definition) is 2. The third-order valence-electron chi connectivity index (χ3n) is 3.00. The molecule has 0 aliphatic carbocycles. The van der Waals surface area contributed by atoms with E-state index in [9.17, 15) is 18.0 Å². The fourth-order valence-electron chi connectivity index (χ4n) is 1.91. The van der Waals surface area contributed by atoms with Gasteiger partial charge in [0.05, 0.1) is 6.04 Å². The first-order chi connectivity index (χ1) is 10.1. The first-order valence-corrected chi connectivity index (χ1v) is 6.95. The summed E-state index contributed by atoms with van der Waals surface area (Å²) >= 11 is 0. The predicted molar refractivity (Wildman–Crippen MR) is 78.8 cm³/mol. The van der Waals surface area contributed by atoms with Gasteiger partial charge in [-0.3, -0.25) is 4.79 Å².